The van der Waals surface area contributed by atoms with Crippen molar-refractivity contribution in [1.82, 2.24) is 4.98 Å². The minimum atomic E-state index is -0.779. The molecule has 2 aromatic carbocycles. The zero-order chi connectivity index (χ0) is 21.7. The van der Waals surface area contributed by atoms with Crippen LogP contribution in [0.5, 0.6) is 11.5 Å². The van der Waals surface area contributed by atoms with Crippen molar-refractivity contribution in [2.45, 2.75) is 6.04 Å². The Hall–Kier alpha value is -3.17. The fraction of sp³-hybridized carbons (Fsp3) is 0.136. The third-order valence-corrected chi connectivity index (χ3v) is 6.45. The number of halogens is 1. The first-order valence-corrected chi connectivity index (χ1v) is 10.9. The molecule has 0 unspecified atom stereocenters. The Morgan fingerprint density at radius 2 is 1.97 bits per heavy atom. The molecule has 1 aliphatic rings. The van der Waals surface area contributed by atoms with Gasteiger partial charge in [0.1, 0.15) is 23.1 Å². The van der Waals surface area contributed by atoms with E-state index in [1.165, 1.54) is 23.3 Å². The van der Waals surface area contributed by atoms with Crippen molar-refractivity contribution in [1.29, 1.82) is 0 Å². The van der Waals surface area contributed by atoms with E-state index in [-0.39, 0.29) is 16.8 Å². The molecule has 0 bridgehead atoms. The van der Waals surface area contributed by atoms with E-state index >= 15 is 0 Å². The summed E-state index contributed by atoms with van der Waals surface area (Å²) in [5.41, 5.74) is 0.917. The van der Waals surface area contributed by atoms with Gasteiger partial charge in [0.05, 0.1) is 25.2 Å². The highest BCUT2D eigenvalue weighted by molar-refractivity contribution is 9.10. The number of amides is 1. The van der Waals surface area contributed by atoms with Gasteiger partial charge >= 0.3 is 0 Å². The lowest BCUT2D eigenvalue weighted by Crippen LogP contribution is -2.29. The Labute approximate surface area is 189 Å². The van der Waals surface area contributed by atoms with Crippen molar-refractivity contribution in [3.8, 4) is 11.5 Å². The van der Waals surface area contributed by atoms with Gasteiger partial charge in [0, 0.05) is 21.6 Å². The maximum absolute atomic E-state index is 13.6. The van der Waals surface area contributed by atoms with Gasteiger partial charge in [0.25, 0.3) is 5.91 Å². The van der Waals surface area contributed by atoms with Crippen molar-refractivity contribution in [2.24, 2.45) is 0 Å². The molecule has 7 nitrogen and oxygen atoms in total. The van der Waals surface area contributed by atoms with Crippen LogP contribution in [-0.2, 0) is 0 Å². The van der Waals surface area contributed by atoms with Crippen molar-refractivity contribution < 1.29 is 18.7 Å². The Bertz CT molecular complexity index is 1380. The summed E-state index contributed by atoms with van der Waals surface area (Å²) in [6.07, 6.45) is 1.61. The molecule has 0 fully saturated rings. The number of anilines is 1. The zero-order valence-electron chi connectivity index (χ0n) is 16.4. The van der Waals surface area contributed by atoms with Gasteiger partial charge in [-0.3, -0.25) is 14.5 Å². The molecule has 0 radical (unpaired) electrons. The second kappa shape index (κ2) is 7.51. The van der Waals surface area contributed by atoms with E-state index in [0.29, 0.717) is 33.2 Å². The average Bonchev–Trinajstić information content (AvgIpc) is 3.40. The molecular weight excluding hydrogens is 484 g/mol. The number of nitrogens with zero attached hydrogens (tertiary/aromatic N) is 2. The monoisotopic (exact) mass is 498 g/mol. The Morgan fingerprint density at radius 1 is 1.13 bits per heavy atom. The van der Waals surface area contributed by atoms with E-state index in [0.717, 1.165) is 4.47 Å². The zero-order valence-corrected chi connectivity index (χ0v) is 18.8. The van der Waals surface area contributed by atoms with Gasteiger partial charge in [0.2, 0.25) is 5.76 Å². The number of ether oxygens (including phenoxy) is 2. The van der Waals surface area contributed by atoms with Crippen LogP contribution in [-0.4, -0.2) is 25.1 Å². The van der Waals surface area contributed by atoms with E-state index in [1.807, 2.05) is 0 Å². The van der Waals surface area contributed by atoms with Crippen LogP contribution in [0.15, 0.2) is 61.7 Å². The molecule has 1 aliphatic heterocycles. The molecule has 4 aromatic rings. The van der Waals surface area contributed by atoms with Crippen LogP contribution in [0.3, 0.4) is 0 Å². The molecule has 156 valence electrons. The quantitative estimate of drug-likeness (QED) is 0.402. The van der Waals surface area contributed by atoms with Gasteiger partial charge in [-0.25, -0.2) is 4.98 Å². The summed E-state index contributed by atoms with van der Waals surface area (Å²) in [4.78, 5) is 32.9. The molecule has 9 heteroatoms. The predicted octanol–water partition coefficient (Wildman–Crippen LogP) is 4.78. The molecule has 0 N–H and O–H groups in total. The van der Waals surface area contributed by atoms with Crippen LogP contribution >= 0.6 is 27.3 Å². The highest BCUT2D eigenvalue weighted by Crippen LogP contribution is 2.45. The van der Waals surface area contributed by atoms with Crippen LogP contribution < -0.4 is 19.8 Å². The summed E-state index contributed by atoms with van der Waals surface area (Å²) in [5.74, 6) is 0.664. The summed E-state index contributed by atoms with van der Waals surface area (Å²) >= 11 is 4.70. The molecule has 3 heterocycles. The number of hydrogen-bond acceptors (Lipinski definition) is 7. The molecule has 1 amide bonds. The third-order valence-electron chi connectivity index (χ3n) is 5.19. The molecule has 31 heavy (non-hydrogen) atoms. The van der Waals surface area contributed by atoms with Crippen molar-refractivity contribution in [3.63, 3.8) is 0 Å². The fourth-order valence-electron chi connectivity index (χ4n) is 3.82. The number of carbonyl (C=O) groups excluding carboxylic acids is 1. The van der Waals surface area contributed by atoms with Crippen molar-refractivity contribution in [3.05, 3.63) is 79.6 Å². The van der Waals surface area contributed by atoms with E-state index in [2.05, 4.69) is 20.9 Å². The van der Waals surface area contributed by atoms with E-state index < -0.39 is 11.9 Å². The fourth-order valence-corrected chi connectivity index (χ4v) is 4.85. The Balaban J connectivity index is 1.86. The summed E-state index contributed by atoms with van der Waals surface area (Å²) in [5, 5.41) is 2.61. The number of aromatic nitrogens is 1. The standard InChI is InChI=1S/C22H15BrN2O5S/c1-28-12-4-6-15(29-2)13(10-12)18-17-19(26)14-9-11(23)3-5-16(14)30-20(17)21(27)25(18)22-24-7-8-31-22/h3-10,18H,1-2H3/t18-/m0/s1. The molecule has 2 aromatic heterocycles. The predicted molar refractivity (Wildman–Crippen MR) is 120 cm³/mol. The topological polar surface area (TPSA) is 81.9 Å². The van der Waals surface area contributed by atoms with Gasteiger partial charge in [-0.05, 0) is 36.4 Å². The van der Waals surface area contributed by atoms with Crippen LogP contribution in [0.4, 0.5) is 5.13 Å². The minimum absolute atomic E-state index is 0.00453. The normalized spacial score (nSPS) is 15.4. The molecule has 0 saturated carbocycles. The molecule has 0 saturated heterocycles. The largest absolute Gasteiger partial charge is 0.497 e. The molecule has 5 rings (SSSR count). The van der Waals surface area contributed by atoms with Crippen LogP contribution in [0.25, 0.3) is 11.0 Å². The molecule has 0 spiro atoms. The molecule has 1 atom stereocenters. The van der Waals surface area contributed by atoms with Gasteiger partial charge in [-0.1, -0.05) is 15.9 Å². The van der Waals surface area contributed by atoms with E-state index in [4.69, 9.17) is 13.9 Å². The number of hydrogen-bond donors (Lipinski definition) is 0. The lowest BCUT2D eigenvalue weighted by molar-refractivity contribution is 0.0970. The van der Waals surface area contributed by atoms with Gasteiger partial charge in [-0.15, -0.1) is 11.3 Å². The third kappa shape index (κ3) is 3.03. The summed E-state index contributed by atoms with van der Waals surface area (Å²) in [6, 6.07) is 9.61. The van der Waals surface area contributed by atoms with E-state index in [1.54, 1.807) is 55.1 Å². The summed E-state index contributed by atoms with van der Waals surface area (Å²) in [7, 11) is 3.09. The SMILES string of the molecule is COc1ccc(OC)c([C@H]2c3c(oc4ccc(Br)cc4c3=O)C(=O)N2c2nccs2)c1. The van der Waals surface area contributed by atoms with Crippen molar-refractivity contribution >= 4 is 49.3 Å². The average molecular weight is 499 g/mol. The maximum atomic E-state index is 13.6. The van der Waals surface area contributed by atoms with Crippen LogP contribution in [0, 0.1) is 0 Å². The number of methoxy groups -OCH3 is 2. The lowest BCUT2D eigenvalue weighted by atomic mass is 9.97. The maximum Gasteiger partial charge on any atom is 0.297 e. The molecular formula is C22H15BrN2O5S. The van der Waals surface area contributed by atoms with Gasteiger partial charge in [0.15, 0.2) is 10.6 Å². The number of rotatable bonds is 4. The highest BCUT2D eigenvalue weighted by atomic mass is 79.9. The molecule has 0 aliphatic carbocycles. The van der Waals surface area contributed by atoms with Gasteiger partial charge < -0.3 is 13.9 Å². The second-order valence-corrected chi connectivity index (χ2v) is 8.60. The van der Waals surface area contributed by atoms with E-state index in [9.17, 15) is 9.59 Å². The summed E-state index contributed by atoms with van der Waals surface area (Å²) in [6.45, 7) is 0. The van der Waals surface area contributed by atoms with Crippen LogP contribution in [0.1, 0.15) is 27.7 Å². The second-order valence-electron chi connectivity index (χ2n) is 6.81. The minimum Gasteiger partial charge on any atom is -0.497 e. The first-order chi connectivity index (χ1) is 15.0. The summed E-state index contributed by atoms with van der Waals surface area (Å²) < 4.78 is 17.7. The first kappa shape index (κ1) is 19.8. The first-order valence-electron chi connectivity index (χ1n) is 9.24. The van der Waals surface area contributed by atoms with Crippen molar-refractivity contribution in [2.75, 3.05) is 19.1 Å². The Morgan fingerprint density at radius 3 is 2.68 bits per heavy atom. The van der Waals surface area contributed by atoms with Gasteiger partial charge in [-0.2, -0.15) is 0 Å². The lowest BCUT2D eigenvalue weighted by Gasteiger charge is -2.24. The van der Waals surface area contributed by atoms with Crippen LogP contribution in [0.2, 0.25) is 0 Å². The smallest absolute Gasteiger partial charge is 0.297 e. The number of thiazole rings is 1. The number of benzene rings is 2. The number of fused-ring (bicyclic) bond motifs is 2. The Kier molecular flexibility index (Phi) is 4.79. The highest BCUT2D eigenvalue weighted by Gasteiger charge is 2.46. The number of carbonyl (C=O) groups is 1.